The maximum absolute atomic E-state index is 14.2. The first-order chi connectivity index (χ1) is 9.52. The van der Waals surface area contributed by atoms with Gasteiger partial charge in [-0.3, -0.25) is 0 Å². The van der Waals surface area contributed by atoms with Crippen molar-refractivity contribution < 1.29 is 8.78 Å². The van der Waals surface area contributed by atoms with Crippen molar-refractivity contribution in [3.8, 4) is 0 Å². The van der Waals surface area contributed by atoms with E-state index in [9.17, 15) is 8.78 Å². The molecular weight excluding hydrogens is 258 g/mol. The molecule has 20 heavy (non-hydrogen) atoms. The number of benzene rings is 2. The maximum atomic E-state index is 14.2. The maximum Gasteiger partial charge on any atom is 0.147 e. The third-order valence-corrected chi connectivity index (χ3v) is 3.22. The molecule has 0 saturated heterocycles. The molecule has 1 atom stereocenters. The summed E-state index contributed by atoms with van der Waals surface area (Å²) in [5, 5.41) is 0. The Kier molecular flexibility index (Phi) is 4.35. The average Bonchev–Trinajstić information content (AvgIpc) is 2.41. The van der Waals surface area contributed by atoms with Crippen LogP contribution in [0.4, 0.5) is 20.2 Å². The molecule has 0 fully saturated rings. The van der Waals surface area contributed by atoms with E-state index < -0.39 is 0 Å². The van der Waals surface area contributed by atoms with Crippen molar-refractivity contribution >= 4 is 11.4 Å². The largest absolute Gasteiger partial charge is 0.339 e. The van der Waals surface area contributed by atoms with Crippen molar-refractivity contribution in [2.45, 2.75) is 19.9 Å². The fraction of sp³-hybridized carbons (Fsp3) is 0.250. The zero-order valence-electron chi connectivity index (χ0n) is 11.6. The Morgan fingerprint density at radius 1 is 1.15 bits per heavy atom. The first kappa shape index (κ1) is 14.5. The summed E-state index contributed by atoms with van der Waals surface area (Å²) < 4.78 is 27.6. The van der Waals surface area contributed by atoms with Gasteiger partial charge < -0.3 is 10.6 Å². The number of halogens is 2. The number of nitrogens with zero attached hydrogens (tertiary/aromatic N) is 1. The summed E-state index contributed by atoms with van der Waals surface area (Å²) in [4.78, 5) is 1.73. The van der Waals surface area contributed by atoms with Crippen LogP contribution in [0.15, 0.2) is 42.5 Å². The second-order valence-corrected chi connectivity index (χ2v) is 4.72. The van der Waals surface area contributed by atoms with Gasteiger partial charge in [0.25, 0.3) is 0 Å². The highest BCUT2D eigenvalue weighted by Gasteiger charge is 2.14. The monoisotopic (exact) mass is 276 g/mol. The van der Waals surface area contributed by atoms with Crippen LogP contribution in [0.2, 0.25) is 0 Å². The highest BCUT2D eigenvalue weighted by atomic mass is 19.1. The Morgan fingerprint density at radius 2 is 1.90 bits per heavy atom. The lowest BCUT2D eigenvalue weighted by atomic mass is 10.1. The van der Waals surface area contributed by atoms with Crippen LogP contribution in [-0.2, 0) is 0 Å². The molecule has 0 aromatic heterocycles. The molecule has 2 aromatic carbocycles. The molecule has 2 aromatic rings. The highest BCUT2D eigenvalue weighted by molar-refractivity contribution is 5.64. The fourth-order valence-electron chi connectivity index (χ4n) is 2.16. The van der Waals surface area contributed by atoms with Gasteiger partial charge in [-0.1, -0.05) is 12.1 Å². The molecule has 106 valence electrons. The first-order valence-electron chi connectivity index (χ1n) is 6.61. The molecule has 2 nitrogen and oxygen atoms in total. The molecule has 0 saturated carbocycles. The number of anilines is 2. The summed E-state index contributed by atoms with van der Waals surface area (Å²) in [6, 6.07) is 10.8. The molecular formula is C16H18F2N2. The zero-order valence-corrected chi connectivity index (χ0v) is 11.6. The van der Waals surface area contributed by atoms with E-state index in [1.807, 2.05) is 6.92 Å². The van der Waals surface area contributed by atoms with E-state index in [1.54, 1.807) is 36.1 Å². The summed E-state index contributed by atoms with van der Waals surface area (Å²) in [5.74, 6) is -0.695. The van der Waals surface area contributed by atoms with E-state index in [0.717, 1.165) is 5.56 Å². The number of hydrogen-bond acceptors (Lipinski definition) is 2. The first-order valence-corrected chi connectivity index (χ1v) is 6.61. The van der Waals surface area contributed by atoms with Crippen LogP contribution >= 0.6 is 0 Å². The van der Waals surface area contributed by atoms with Crippen molar-refractivity contribution in [3.63, 3.8) is 0 Å². The molecule has 0 unspecified atom stereocenters. The minimum absolute atomic E-state index is 0.220. The predicted octanol–water partition coefficient (Wildman–Crippen LogP) is 4.14. The van der Waals surface area contributed by atoms with E-state index in [2.05, 4.69) is 0 Å². The van der Waals surface area contributed by atoms with Gasteiger partial charge in [0, 0.05) is 18.3 Å². The fourth-order valence-corrected chi connectivity index (χ4v) is 2.16. The van der Waals surface area contributed by atoms with Crippen LogP contribution < -0.4 is 10.6 Å². The van der Waals surface area contributed by atoms with Crippen LogP contribution in [-0.4, -0.2) is 6.54 Å². The quantitative estimate of drug-likeness (QED) is 0.909. The van der Waals surface area contributed by atoms with E-state index >= 15 is 0 Å². The Bertz CT molecular complexity index is 597. The number of nitrogens with two attached hydrogens (primary N) is 1. The van der Waals surface area contributed by atoms with Crippen LogP contribution in [0.5, 0.6) is 0 Å². The van der Waals surface area contributed by atoms with E-state index in [4.69, 9.17) is 5.73 Å². The lowest BCUT2D eigenvalue weighted by Crippen LogP contribution is -2.18. The van der Waals surface area contributed by atoms with Crippen molar-refractivity contribution in [2.24, 2.45) is 5.73 Å². The normalized spacial score (nSPS) is 12.2. The predicted molar refractivity (Wildman–Crippen MR) is 78.1 cm³/mol. The third-order valence-electron chi connectivity index (χ3n) is 3.22. The topological polar surface area (TPSA) is 29.3 Å². The molecule has 0 heterocycles. The molecule has 2 N–H and O–H groups in total. The number of hydrogen-bond donors (Lipinski definition) is 1. The molecule has 2 rings (SSSR count). The second-order valence-electron chi connectivity index (χ2n) is 4.72. The lowest BCUT2D eigenvalue weighted by molar-refractivity contribution is 0.618. The smallest absolute Gasteiger partial charge is 0.147 e. The Hall–Kier alpha value is -1.94. The zero-order chi connectivity index (χ0) is 14.7. The van der Waals surface area contributed by atoms with Crippen LogP contribution in [0.3, 0.4) is 0 Å². The summed E-state index contributed by atoms with van der Waals surface area (Å²) in [6.07, 6.45) is 0. The molecule has 0 spiro atoms. The summed E-state index contributed by atoms with van der Waals surface area (Å²) >= 11 is 0. The van der Waals surface area contributed by atoms with Gasteiger partial charge in [0.1, 0.15) is 11.6 Å². The van der Waals surface area contributed by atoms with Crippen LogP contribution in [0.1, 0.15) is 25.5 Å². The highest BCUT2D eigenvalue weighted by Crippen LogP contribution is 2.29. The van der Waals surface area contributed by atoms with Gasteiger partial charge in [0.05, 0.1) is 5.69 Å². The molecule has 0 aliphatic carbocycles. The van der Waals surface area contributed by atoms with Gasteiger partial charge in [0.15, 0.2) is 0 Å². The lowest BCUT2D eigenvalue weighted by Gasteiger charge is -2.24. The van der Waals surface area contributed by atoms with Crippen LogP contribution in [0, 0.1) is 11.6 Å². The molecule has 0 bridgehead atoms. The third kappa shape index (κ3) is 2.96. The summed E-state index contributed by atoms with van der Waals surface area (Å²) in [7, 11) is 0. The van der Waals surface area contributed by atoms with E-state index in [1.165, 1.54) is 18.2 Å². The minimum atomic E-state index is -0.356. The Balaban J connectivity index is 2.42. The molecule has 0 amide bonds. The van der Waals surface area contributed by atoms with Crippen molar-refractivity contribution in [2.75, 3.05) is 11.4 Å². The standard InChI is InChI=1S/C16H18F2N2/c1-3-20(14-6-4-5-13(17)10-14)16-8-7-12(11(2)19)9-15(16)18/h4-11H,3,19H2,1-2H3/t11-/m0/s1. The molecule has 0 aliphatic heterocycles. The number of rotatable bonds is 4. The van der Waals surface area contributed by atoms with Gasteiger partial charge in [-0.05, 0) is 49.7 Å². The van der Waals surface area contributed by atoms with E-state index in [0.29, 0.717) is 17.9 Å². The van der Waals surface area contributed by atoms with Gasteiger partial charge in [-0.15, -0.1) is 0 Å². The van der Waals surface area contributed by atoms with Crippen molar-refractivity contribution in [3.05, 3.63) is 59.7 Å². The molecule has 0 aliphatic rings. The van der Waals surface area contributed by atoms with E-state index in [-0.39, 0.29) is 17.7 Å². The van der Waals surface area contributed by atoms with Crippen molar-refractivity contribution in [1.29, 1.82) is 0 Å². The SMILES string of the molecule is CCN(c1cccc(F)c1)c1ccc([C@H](C)N)cc1F. The average molecular weight is 276 g/mol. The Labute approximate surface area is 117 Å². The van der Waals surface area contributed by atoms with Crippen molar-refractivity contribution in [1.82, 2.24) is 0 Å². The van der Waals surface area contributed by atoms with Gasteiger partial charge >= 0.3 is 0 Å². The summed E-state index contributed by atoms with van der Waals surface area (Å²) in [6.45, 7) is 4.24. The Morgan fingerprint density at radius 3 is 2.45 bits per heavy atom. The summed E-state index contributed by atoms with van der Waals surface area (Å²) in [5.41, 5.74) is 7.52. The van der Waals surface area contributed by atoms with Gasteiger partial charge in [0.2, 0.25) is 0 Å². The van der Waals surface area contributed by atoms with Crippen LogP contribution in [0.25, 0.3) is 0 Å². The van der Waals surface area contributed by atoms with Gasteiger partial charge in [-0.25, -0.2) is 8.78 Å². The second kappa shape index (κ2) is 6.01. The minimum Gasteiger partial charge on any atom is -0.339 e. The molecule has 4 heteroatoms. The van der Waals surface area contributed by atoms with Gasteiger partial charge in [-0.2, -0.15) is 0 Å². The molecule has 0 radical (unpaired) electrons.